The van der Waals surface area contributed by atoms with Crippen LogP contribution in [0.3, 0.4) is 0 Å². The molecule has 0 unspecified atom stereocenters. The summed E-state index contributed by atoms with van der Waals surface area (Å²) >= 11 is 5.22. The Morgan fingerprint density at radius 1 is 1.05 bits per heavy atom. The highest BCUT2D eigenvalue weighted by atomic mass is 32.1. The van der Waals surface area contributed by atoms with E-state index in [-0.39, 0.29) is 6.04 Å². The Hall–Kier alpha value is -2.01. The van der Waals surface area contributed by atoms with Gasteiger partial charge in [-0.05, 0) is 56.2 Å². The molecule has 1 atom stereocenters. The molecule has 0 aliphatic rings. The number of hydrogen-bond acceptors (Lipinski definition) is 1. The van der Waals surface area contributed by atoms with Gasteiger partial charge in [-0.3, -0.25) is 0 Å². The molecule has 0 bridgehead atoms. The van der Waals surface area contributed by atoms with E-state index in [2.05, 4.69) is 22.8 Å². The third kappa shape index (κ3) is 4.01. The van der Waals surface area contributed by atoms with Crippen LogP contribution in [0.5, 0.6) is 0 Å². The van der Waals surface area contributed by atoms with Crippen molar-refractivity contribution < 1.29 is 8.78 Å². The Bertz CT molecular complexity index is 701. The lowest BCUT2D eigenvalue weighted by atomic mass is 10.0. The molecule has 2 aromatic carbocycles. The van der Waals surface area contributed by atoms with Crippen LogP contribution in [0.25, 0.3) is 0 Å². The van der Waals surface area contributed by atoms with E-state index in [1.807, 2.05) is 26.8 Å². The molecule has 116 valence electrons. The maximum atomic E-state index is 13.2. The minimum atomic E-state index is -0.907. The number of anilines is 1. The molecule has 2 nitrogen and oxygen atoms in total. The second kappa shape index (κ2) is 6.83. The van der Waals surface area contributed by atoms with Gasteiger partial charge < -0.3 is 10.6 Å². The third-order valence-corrected chi connectivity index (χ3v) is 3.64. The smallest absolute Gasteiger partial charge is 0.171 e. The molecule has 0 saturated carbocycles. The quantitative estimate of drug-likeness (QED) is 0.806. The van der Waals surface area contributed by atoms with Gasteiger partial charge in [0.2, 0.25) is 0 Å². The number of benzene rings is 2. The summed E-state index contributed by atoms with van der Waals surface area (Å²) in [5.41, 5.74) is 3.93. The van der Waals surface area contributed by atoms with Gasteiger partial charge in [-0.2, -0.15) is 0 Å². The molecule has 0 amide bonds. The normalized spacial score (nSPS) is 11.9. The van der Waals surface area contributed by atoms with Gasteiger partial charge >= 0.3 is 0 Å². The van der Waals surface area contributed by atoms with Gasteiger partial charge in [0.05, 0.1) is 6.04 Å². The predicted octanol–water partition coefficient (Wildman–Crippen LogP) is 4.63. The first-order valence-corrected chi connectivity index (χ1v) is 7.37. The maximum absolute atomic E-state index is 13.2. The lowest BCUT2D eigenvalue weighted by Gasteiger charge is -2.19. The molecule has 5 heteroatoms. The molecule has 0 spiro atoms. The molecular weight excluding hydrogens is 302 g/mol. The van der Waals surface area contributed by atoms with Gasteiger partial charge in [-0.1, -0.05) is 23.8 Å². The fourth-order valence-electron chi connectivity index (χ4n) is 2.33. The molecule has 0 aliphatic carbocycles. The minimum Gasteiger partial charge on any atom is -0.356 e. The Balaban J connectivity index is 2.03. The summed E-state index contributed by atoms with van der Waals surface area (Å²) in [4.78, 5) is 0. The number of halogens is 2. The molecular formula is C17H18F2N2S. The Morgan fingerprint density at radius 3 is 2.41 bits per heavy atom. The second-order valence-electron chi connectivity index (χ2n) is 5.31. The average molecular weight is 320 g/mol. The van der Waals surface area contributed by atoms with Crippen molar-refractivity contribution in [1.29, 1.82) is 0 Å². The van der Waals surface area contributed by atoms with Crippen LogP contribution in [0.4, 0.5) is 14.5 Å². The standard InChI is InChI=1S/C17H18F2N2S/c1-10-4-6-14(11(2)8-10)12(3)20-17(22)21-13-5-7-15(18)16(19)9-13/h4-9,12H,1-3H3,(H2,20,21,22)/t12-/m0/s1. The van der Waals surface area contributed by atoms with Crippen molar-refractivity contribution in [1.82, 2.24) is 5.32 Å². The topological polar surface area (TPSA) is 24.1 Å². The van der Waals surface area contributed by atoms with Crippen LogP contribution in [0.2, 0.25) is 0 Å². The van der Waals surface area contributed by atoms with Crippen molar-refractivity contribution in [2.24, 2.45) is 0 Å². The zero-order chi connectivity index (χ0) is 16.3. The van der Waals surface area contributed by atoms with E-state index in [0.717, 1.165) is 17.7 Å². The molecule has 0 radical (unpaired) electrons. The molecule has 2 N–H and O–H groups in total. The largest absolute Gasteiger partial charge is 0.356 e. The second-order valence-corrected chi connectivity index (χ2v) is 5.72. The van der Waals surface area contributed by atoms with E-state index < -0.39 is 11.6 Å². The molecule has 2 rings (SSSR count). The van der Waals surface area contributed by atoms with Gasteiger partial charge in [-0.15, -0.1) is 0 Å². The summed E-state index contributed by atoms with van der Waals surface area (Å²) in [7, 11) is 0. The average Bonchev–Trinajstić information content (AvgIpc) is 2.42. The summed E-state index contributed by atoms with van der Waals surface area (Å²) in [6.07, 6.45) is 0. The molecule has 0 aromatic heterocycles. The van der Waals surface area contributed by atoms with E-state index >= 15 is 0 Å². The molecule has 0 heterocycles. The van der Waals surface area contributed by atoms with Crippen LogP contribution < -0.4 is 10.6 Å². The highest BCUT2D eigenvalue weighted by Gasteiger charge is 2.10. The zero-order valence-electron chi connectivity index (χ0n) is 12.7. The van der Waals surface area contributed by atoms with Gasteiger partial charge in [0.1, 0.15) is 0 Å². The van der Waals surface area contributed by atoms with E-state index in [9.17, 15) is 8.78 Å². The van der Waals surface area contributed by atoms with E-state index in [1.165, 1.54) is 17.2 Å². The number of rotatable bonds is 3. The van der Waals surface area contributed by atoms with Crippen molar-refractivity contribution >= 4 is 23.0 Å². The minimum absolute atomic E-state index is 0.00546. The lowest BCUT2D eigenvalue weighted by molar-refractivity contribution is 0.509. The Morgan fingerprint density at radius 2 is 1.77 bits per heavy atom. The van der Waals surface area contributed by atoms with Crippen LogP contribution in [-0.4, -0.2) is 5.11 Å². The van der Waals surface area contributed by atoms with Crippen molar-refractivity contribution in [3.05, 3.63) is 64.7 Å². The molecule has 0 fully saturated rings. The van der Waals surface area contributed by atoms with Crippen LogP contribution in [0.1, 0.15) is 29.7 Å². The lowest BCUT2D eigenvalue weighted by Crippen LogP contribution is -2.31. The summed E-state index contributed by atoms with van der Waals surface area (Å²) in [5.74, 6) is -1.79. The fourth-order valence-corrected chi connectivity index (χ4v) is 2.62. The zero-order valence-corrected chi connectivity index (χ0v) is 13.5. The Labute approximate surface area is 134 Å². The highest BCUT2D eigenvalue weighted by Crippen LogP contribution is 2.19. The van der Waals surface area contributed by atoms with Crippen LogP contribution in [-0.2, 0) is 0 Å². The third-order valence-electron chi connectivity index (χ3n) is 3.42. The van der Waals surface area contributed by atoms with Crippen LogP contribution in [0, 0.1) is 25.5 Å². The van der Waals surface area contributed by atoms with Gasteiger partial charge in [0.25, 0.3) is 0 Å². The fraction of sp³-hybridized carbons (Fsp3) is 0.235. The van der Waals surface area contributed by atoms with Crippen molar-refractivity contribution in [2.75, 3.05) is 5.32 Å². The molecule has 0 aliphatic heterocycles. The number of hydrogen-bond donors (Lipinski definition) is 2. The van der Waals surface area contributed by atoms with Crippen molar-refractivity contribution in [2.45, 2.75) is 26.8 Å². The number of thiocarbonyl (C=S) groups is 1. The van der Waals surface area contributed by atoms with Crippen LogP contribution in [0.15, 0.2) is 36.4 Å². The highest BCUT2D eigenvalue weighted by molar-refractivity contribution is 7.80. The van der Waals surface area contributed by atoms with E-state index in [0.29, 0.717) is 10.8 Å². The van der Waals surface area contributed by atoms with Crippen molar-refractivity contribution in [3.63, 3.8) is 0 Å². The van der Waals surface area contributed by atoms with E-state index in [4.69, 9.17) is 12.2 Å². The van der Waals surface area contributed by atoms with Gasteiger partial charge in [0, 0.05) is 11.8 Å². The monoisotopic (exact) mass is 320 g/mol. The summed E-state index contributed by atoms with van der Waals surface area (Å²) in [6, 6.07) is 9.80. The molecule has 22 heavy (non-hydrogen) atoms. The first-order valence-electron chi connectivity index (χ1n) is 6.96. The summed E-state index contributed by atoms with van der Waals surface area (Å²) in [5, 5.41) is 6.36. The maximum Gasteiger partial charge on any atom is 0.171 e. The number of nitrogens with one attached hydrogen (secondary N) is 2. The number of aryl methyl sites for hydroxylation is 2. The molecule has 0 saturated heterocycles. The summed E-state index contributed by atoms with van der Waals surface area (Å²) in [6.45, 7) is 6.09. The SMILES string of the molecule is Cc1ccc([C@H](C)NC(=S)Nc2ccc(F)c(F)c2)c(C)c1. The van der Waals surface area contributed by atoms with Crippen LogP contribution >= 0.6 is 12.2 Å². The predicted molar refractivity (Wildman–Crippen MR) is 90.0 cm³/mol. The van der Waals surface area contributed by atoms with Gasteiger partial charge in [0.15, 0.2) is 16.7 Å². The summed E-state index contributed by atoms with van der Waals surface area (Å²) < 4.78 is 26.1. The Kier molecular flexibility index (Phi) is 5.08. The van der Waals surface area contributed by atoms with Gasteiger partial charge in [-0.25, -0.2) is 8.78 Å². The van der Waals surface area contributed by atoms with E-state index in [1.54, 1.807) is 0 Å². The first-order chi connectivity index (χ1) is 10.4. The van der Waals surface area contributed by atoms with Crippen molar-refractivity contribution in [3.8, 4) is 0 Å². The first kappa shape index (κ1) is 16.4. The molecule has 2 aromatic rings.